The standard InChI is InChI=1S/C49H29N7S/c50-30-31-13-10-20-37(29-31)32-25-27-36(28-26-32)47-52-44(33-14-4-1-5-15-33)53-48(54-47)39-22-12-24-41-42(39)38-21-11-23-40(43(38)57-41)49-55-45(34-16-6-2-7-17-34)51-46(56-49)35-18-8-3-9-19-35/h1-29H. The predicted molar refractivity (Wildman–Crippen MR) is 229 cm³/mol. The summed E-state index contributed by atoms with van der Waals surface area (Å²) in [7, 11) is 0. The van der Waals surface area contributed by atoms with Gasteiger partial charge in [0.25, 0.3) is 0 Å². The summed E-state index contributed by atoms with van der Waals surface area (Å²) < 4.78 is 2.17. The number of nitrogens with zero attached hydrogens (tertiary/aromatic N) is 7. The van der Waals surface area contributed by atoms with E-state index in [1.54, 1.807) is 11.3 Å². The van der Waals surface area contributed by atoms with Crippen molar-refractivity contribution in [1.82, 2.24) is 29.9 Å². The second kappa shape index (κ2) is 14.5. The molecule has 0 aliphatic heterocycles. The van der Waals surface area contributed by atoms with Crippen LogP contribution in [0.2, 0.25) is 0 Å². The van der Waals surface area contributed by atoms with Crippen molar-refractivity contribution in [3.63, 3.8) is 0 Å². The van der Waals surface area contributed by atoms with E-state index in [0.29, 0.717) is 40.5 Å². The first-order valence-electron chi connectivity index (χ1n) is 18.4. The maximum absolute atomic E-state index is 9.44. The molecule has 7 nitrogen and oxygen atoms in total. The van der Waals surface area contributed by atoms with Gasteiger partial charge in [0.05, 0.1) is 11.6 Å². The Morgan fingerprint density at radius 3 is 1.37 bits per heavy atom. The average Bonchev–Trinajstić information content (AvgIpc) is 3.69. The summed E-state index contributed by atoms with van der Waals surface area (Å²) in [6.07, 6.45) is 0. The molecule has 10 aromatic rings. The van der Waals surface area contributed by atoms with Crippen molar-refractivity contribution < 1.29 is 0 Å². The van der Waals surface area contributed by atoms with E-state index in [1.165, 1.54) is 0 Å². The quantitative estimate of drug-likeness (QED) is 0.160. The molecule has 0 saturated carbocycles. The number of nitriles is 1. The molecule has 0 spiro atoms. The highest BCUT2D eigenvalue weighted by Crippen LogP contribution is 2.43. The van der Waals surface area contributed by atoms with Gasteiger partial charge in [-0.25, -0.2) is 29.9 Å². The summed E-state index contributed by atoms with van der Waals surface area (Å²) in [5, 5.41) is 11.6. The normalized spacial score (nSPS) is 11.1. The van der Waals surface area contributed by atoms with Crippen LogP contribution in [-0.4, -0.2) is 29.9 Å². The molecule has 8 heteroatoms. The molecule has 3 aromatic heterocycles. The monoisotopic (exact) mass is 747 g/mol. The molecule has 0 atom stereocenters. The van der Waals surface area contributed by atoms with Crippen molar-refractivity contribution in [3.8, 4) is 85.5 Å². The van der Waals surface area contributed by atoms with Gasteiger partial charge >= 0.3 is 0 Å². The third kappa shape index (κ3) is 6.48. The van der Waals surface area contributed by atoms with E-state index in [0.717, 1.165) is 64.7 Å². The zero-order valence-electron chi connectivity index (χ0n) is 30.3. The Labute approximate surface area is 332 Å². The Morgan fingerprint density at radius 2 is 0.807 bits per heavy atom. The third-order valence-electron chi connectivity index (χ3n) is 9.84. The molecule has 7 aromatic carbocycles. The van der Waals surface area contributed by atoms with E-state index in [-0.39, 0.29) is 0 Å². The molecule has 3 heterocycles. The van der Waals surface area contributed by atoms with Gasteiger partial charge in [-0.05, 0) is 35.4 Å². The number of hydrogen-bond donors (Lipinski definition) is 0. The summed E-state index contributed by atoms with van der Waals surface area (Å²) in [6, 6.07) is 60.6. The molecule has 0 bridgehead atoms. The topological polar surface area (TPSA) is 101 Å². The molecule has 0 unspecified atom stereocenters. The van der Waals surface area contributed by atoms with Gasteiger partial charge in [0, 0.05) is 53.6 Å². The summed E-state index contributed by atoms with van der Waals surface area (Å²) in [4.78, 5) is 30.3. The number of hydrogen-bond acceptors (Lipinski definition) is 8. The highest BCUT2D eigenvalue weighted by Gasteiger charge is 2.20. The van der Waals surface area contributed by atoms with Gasteiger partial charge in [0.15, 0.2) is 34.9 Å². The minimum atomic E-state index is 0.570. The van der Waals surface area contributed by atoms with Crippen LogP contribution < -0.4 is 0 Å². The Bertz CT molecular complexity index is 3060. The molecule has 0 N–H and O–H groups in total. The Balaban J connectivity index is 1.13. The van der Waals surface area contributed by atoms with Crippen LogP contribution in [0, 0.1) is 11.3 Å². The number of fused-ring (bicyclic) bond motifs is 3. The molecule has 57 heavy (non-hydrogen) atoms. The van der Waals surface area contributed by atoms with Crippen LogP contribution in [0.3, 0.4) is 0 Å². The number of aromatic nitrogens is 6. The molecule has 0 aliphatic rings. The Kier molecular flexibility index (Phi) is 8.60. The highest BCUT2D eigenvalue weighted by molar-refractivity contribution is 7.26. The SMILES string of the molecule is N#Cc1cccc(-c2ccc(-c3nc(-c4ccccc4)nc(-c4cccc5sc6c(-c7nc(-c8ccccc8)nc(-c8ccccc8)n7)cccc6c45)n3)cc2)c1. The van der Waals surface area contributed by atoms with Gasteiger partial charge in [0.1, 0.15) is 0 Å². The lowest BCUT2D eigenvalue weighted by Crippen LogP contribution is -2.00. The summed E-state index contributed by atoms with van der Waals surface area (Å²) in [5.41, 5.74) is 8.04. The zero-order chi connectivity index (χ0) is 38.1. The zero-order valence-corrected chi connectivity index (χ0v) is 31.1. The molecule has 0 aliphatic carbocycles. The molecule has 0 radical (unpaired) electrons. The molecular formula is C49H29N7S. The number of rotatable bonds is 7. The maximum atomic E-state index is 9.44. The first-order valence-corrected chi connectivity index (χ1v) is 19.2. The first-order chi connectivity index (χ1) is 28.2. The third-order valence-corrected chi connectivity index (χ3v) is 11.0. The van der Waals surface area contributed by atoms with E-state index in [4.69, 9.17) is 29.9 Å². The summed E-state index contributed by atoms with van der Waals surface area (Å²) >= 11 is 1.71. The first kappa shape index (κ1) is 33.8. The Hall–Kier alpha value is -7.73. The van der Waals surface area contributed by atoms with Crippen LogP contribution in [0.1, 0.15) is 5.56 Å². The van der Waals surface area contributed by atoms with Gasteiger partial charge in [-0.1, -0.05) is 152 Å². The lowest BCUT2D eigenvalue weighted by atomic mass is 10.0. The van der Waals surface area contributed by atoms with Crippen LogP contribution in [0.5, 0.6) is 0 Å². The van der Waals surface area contributed by atoms with Crippen LogP contribution in [0.25, 0.3) is 99.6 Å². The number of thiophene rings is 1. The molecule has 0 amide bonds. The fourth-order valence-electron chi connectivity index (χ4n) is 7.06. The average molecular weight is 748 g/mol. The molecule has 0 saturated heterocycles. The lowest BCUT2D eigenvalue weighted by molar-refractivity contribution is 1.08. The van der Waals surface area contributed by atoms with E-state index in [9.17, 15) is 5.26 Å². The Morgan fingerprint density at radius 1 is 0.368 bits per heavy atom. The summed E-state index contributed by atoms with van der Waals surface area (Å²) in [6.45, 7) is 0. The largest absolute Gasteiger partial charge is 0.208 e. The molecule has 10 rings (SSSR count). The minimum absolute atomic E-state index is 0.570. The van der Waals surface area contributed by atoms with Crippen LogP contribution in [-0.2, 0) is 0 Å². The molecule has 266 valence electrons. The van der Waals surface area contributed by atoms with E-state index in [1.807, 2.05) is 140 Å². The van der Waals surface area contributed by atoms with Gasteiger partial charge in [-0.15, -0.1) is 11.3 Å². The smallest absolute Gasteiger partial charge is 0.165 e. The fraction of sp³-hybridized carbons (Fsp3) is 0. The fourth-order valence-corrected chi connectivity index (χ4v) is 8.30. The maximum Gasteiger partial charge on any atom is 0.165 e. The lowest BCUT2D eigenvalue weighted by Gasteiger charge is -2.10. The molecule has 0 fully saturated rings. The second-order valence-corrected chi connectivity index (χ2v) is 14.5. The molecular weight excluding hydrogens is 719 g/mol. The van der Waals surface area contributed by atoms with Crippen molar-refractivity contribution in [3.05, 3.63) is 181 Å². The van der Waals surface area contributed by atoms with Crippen molar-refractivity contribution in [2.45, 2.75) is 0 Å². The second-order valence-electron chi connectivity index (χ2n) is 13.4. The van der Waals surface area contributed by atoms with E-state index in [2.05, 4.69) is 42.5 Å². The van der Waals surface area contributed by atoms with Crippen LogP contribution in [0.15, 0.2) is 176 Å². The van der Waals surface area contributed by atoms with Gasteiger partial charge < -0.3 is 0 Å². The predicted octanol–water partition coefficient (Wildman–Crippen LogP) is 12.0. The van der Waals surface area contributed by atoms with Crippen LogP contribution in [0.4, 0.5) is 0 Å². The van der Waals surface area contributed by atoms with Crippen molar-refractivity contribution >= 4 is 31.5 Å². The van der Waals surface area contributed by atoms with Crippen molar-refractivity contribution in [2.75, 3.05) is 0 Å². The minimum Gasteiger partial charge on any atom is -0.208 e. The van der Waals surface area contributed by atoms with Gasteiger partial charge in [0.2, 0.25) is 0 Å². The summed E-state index contributed by atoms with van der Waals surface area (Å²) in [5.74, 6) is 3.59. The van der Waals surface area contributed by atoms with Gasteiger partial charge in [-0.3, -0.25) is 0 Å². The number of benzene rings is 7. The van der Waals surface area contributed by atoms with Gasteiger partial charge in [-0.2, -0.15) is 5.26 Å². The highest BCUT2D eigenvalue weighted by atomic mass is 32.1. The van der Waals surface area contributed by atoms with Crippen LogP contribution >= 0.6 is 11.3 Å². The van der Waals surface area contributed by atoms with Crippen molar-refractivity contribution in [1.29, 1.82) is 5.26 Å². The van der Waals surface area contributed by atoms with E-state index < -0.39 is 0 Å². The van der Waals surface area contributed by atoms with Crippen molar-refractivity contribution in [2.24, 2.45) is 0 Å². The van der Waals surface area contributed by atoms with E-state index >= 15 is 0 Å².